The van der Waals surface area contributed by atoms with Gasteiger partial charge < -0.3 is 0 Å². The molecule has 0 bridgehead atoms. The lowest BCUT2D eigenvalue weighted by Crippen LogP contribution is -2.47. The summed E-state index contributed by atoms with van der Waals surface area (Å²) >= 11 is 0. The molecule has 54 valence electrons. The quantitative estimate of drug-likeness (QED) is 0.485. The van der Waals surface area contributed by atoms with Crippen LogP contribution in [0.3, 0.4) is 0 Å². The van der Waals surface area contributed by atoms with E-state index in [9.17, 15) is 4.21 Å². The van der Waals surface area contributed by atoms with Crippen LogP contribution in [-0.4, -0.2) is 33.7 Å². The van der Waals surface area contributed by atoms with Crippen LogP contribution in [0.2, 0.25) is 0 Å². The summed E-state index contributed by atoms with van der Waals surface area (Å²) in [5.74, 6) is 4.30. The molecule has 0 aromatic heterocycles. The highest BCUT2D eigenvalue weighted by molar-refractivity contribution is 7.97. The van der Waals surface area contributed by atoms with Gasteiger partial charge in [0.25, 0.3) is 0 Å². The Kier molecular flexibility index (Phi) is 1.57. The fourth-order valence-corrected chi connectivity index (χ4v) is 2.10. The summed E-state index contributed by atoms with van der Waals surface area (Å²) in [7, 11) is -1.87. The van der Waals surface area contributed by atoms with Crippen LogP contribution in [0.25, 0.3) is 0 Å². The summed E-state index contributed by atoms with van der Waals surface area (Å²) in [5.41, 5.74) is 0. The molecule has 1 atom stereocenters. The van der Waals surface area contributed by atoms with Gasteiger partial charge in [-0.2, -0.15) is 0 Å². The Labute approximate surface area is 57.0 Å². The van der Waals surface area contributed by atoms with Crippen molar-refractivity contribution in [1.29, 1.82) is 0 Å². The van der Waals surface area contributed by atoms with Crippen molar-refractivity contribution >= 4 is 15.6 Å². The van der Waals surface area contributed by atoms with Crippen LogP contribution < -0.4 is 0 Å². The summed E-state index contributed by atoms with van der Waals surface area (Å²) in [6.07, 6.45) is 1.69. The second-order valence-corrected chi connectivity index (χ2v) is 5.35. The third kappa shape index (κ3) is 1.46. The minimum Gasteiger partial charge on any atom is -0.253 e. The third-order valence-electron chi connectivity index (χ3n) is 1.58. The Morgan fingerprint density at radius 1 is 1.67 bits per heavy atom. The summed E-state index contributed by atoms with van der Waals surface area (Å²) < 4.78 is 13.1. The van der Waals surface area contributed by atoms with Crippen LogP contribution >= 0.6 is 0 Å². The maximum atomic E-state index is 11.1. The lowest BCUT2D eigenvalue weighted by atomic mass is 10.1. The maximum Gasteiger partial charge on any atom is 0.0245 e. The standard InChI is InChI=1S/C6H13NOS/c1-6-4-7(5-6)9(2,3)8/h6H,2,4-5H2,1,3H3. The van der Waals surface area contributed by atoms with Crippen molar-refractivity contribution in [2.45, 2.75) is 6.92 Å². The number of nitrogens with zero attached hydrogens (tertiary/aromatic N) is 1. The second kappa shape index (κ2) is 1.99. The molecule has 0 aliphatic carbocycles. The first kappa shape index (κ1) is 7.09. The van der Waals surface area contributed by atoms with E-state index in [1.165, 1.54) is 0 Å². The fraction of sp³-hybridized carbons (Fsp3) is 0.833. The smallest absolute Gasteiger partial charge is 0.0245 e. The normalized spacial score (nSPS) is 29.1. The van der Waals surface area contributed by atoms with E-state index >= 15 is 0 Å². The van der Waals surface area contributed by atoms with Crippen molar-refractivity contribution in [3.05, 3.63) is 0 Å². The van der Waals surface area contributed by atoms with Crippen molar-refractivity contribution in [3.63, 3.8) is 0 Å². The predicted molar refractivity (Wildman–Crippen MR) is 41.9 cm³/mol. The van der Waals surface area contributed by atoms with Crippen molar-refractivity contribution in [2.75, 3.05) is 19.3 Å². The number of hydrogen-bond donors (Lipinski definition) is 0. The molecular formula is C6H13NOS. The average Bonchev–Trinajstić information content (AvgIpc) is 1.55. The molecule has 1 aliphatic rings. The molecule has 0 aromatic carbocycles. The van der Waals surface area contributed by atoms with Gasteiger partial charge in [-0.1, -0.05) is 6.92 Å². The van der Waals surface area contributed by atoms with E-state index in [1.807, 2.05) is 4.31 Å². The largest absolute Gasteiger partial charge is 0.253 e. The molecule has 2 nitrogen and oxygen atoms in total. The molecule has 1 aliphatic heterocycles. The van der Waals surface area contributed by atoms with Crippen LogP contribution in [-0.2, 0) is 9.71 Å². The Morgan fingerprint density at radius 2 is 2.11 bits per heavy atom. The van der Waals surface area contributed by atoms with E-state index in [4.69, 9.17) is 0 Å². The van der Waals surface area contributed by atoms with Crippen LogP contribution in [0.4, 0.5) is 0 Å². The van der Waals surface area contributed by atoms with Gasteiger partial charge >= 0.3 is 0 Å². The van der Waals surface area contributed by atoms with E-state index < -0.39 is 9.71 Å². The second-order valence-electron chi connectivity index (χ2n) is 2.91. The highest BCUT2D eigenvalue weighted by atomic mass is 32.2. The molecule has 0 saturated carbocycles. The van der Waals surface area contributed by atoms with Gasteiger partial charge in [0.15, 0.2) is 0 Å². The Balaban J connectivity index is 2.51. The van der Waals surface area contributed by atoms with Gasteiger partial charge in [-0.05, 0) is 11.8 Å². The molecule has 0 aromatic rings. The molecule has 1 saturated heterocycles. The zero-order chi connectivity index (χ0) is 7.07. The molecule has 1 unspecified atom stereocenters. The van der Waals surface area contributed by atoms with Crippen LogP contribution in [0.15, 0.2) is 0 Å². The molecule has 0 N–H and O–H groups in total. The molecule has 0 amide bonds. The fourth-order valence-electron chi connectivity index (χ4n) is 0.957. The van der Waals surface area contributed by atoms with E-state index in [-0.39, 0.29) is 0 Å². The van der Waals surface area contributed by atoms with Crippen LogP contribution in [0.5, 0.6) is 0 Å². The number of rotatable bonds is 1. The minimum atomic E-state index is -1.87. The highest BCUT2D eigenvalue weighted by Gasteiger charge is 2.25. The topological polar surface area (TPSA) is 20.3 Å². The van der Waals surface area contributed by atoms with Gasteiger partial charge in [0.1, 0.15) is 0 Å². The van der Waals surface area contributed by atoms with Crippen molar-refractivity contribution in [3.8, 4) is 0 Å². The Bertz CT molecular complexity index is 189. The van der Waals surface area contributed by atoms with Crippen molar-refractivity contribution in [1.82, 2.24) is 4.31 Å². The van der Waals surface area contributed by atoms with Crippen molar-refractivity contribution < 1.29 is 4.21 Å². The van der Waals surface area contributed by atoms with Gasteiger partial charge in [0, 0.05) is 29.1 Å². The molecule has 3 heteroatoms. The molecular weight excluding hydrogens is 134 g/mol. The molecule has 9 heavy (non-hydrogen) atoms. The lowest BCUT2D eigenvalue weighted by Gasteiger charge is -2.37. The van der Waals surface area contributed by atoms with Gasteiger partial charge in [-0.25, -0.2) is 4.31 Å². The van der Waals surface area contributed by atoms with E-state index in [1.54, 1.807) is 6.26 Å². The number of hydrogen-bond acceptors (Lipinski definition) is 1. The molecule has 1 rings (SSSR count). The summed E-state index contributed by atoms with van der Waals surface area (Å²) in [5, 5.41) is 0. The van der Waals surface area contributed by atoms with Gasteiger partial charge in [-0.15, -0.1) is 0 Å². The van der Waals surface area contributed by atoms with E-state index in [0.29, 0.717) is 5.92 Å². The first-order chi connectivity index (χ1) is 4.00. The monoisotopic (exact) mass is 147 g/mol. The van der Waals surface area contributed by atoms with Gasteiger partial charge in [0.2, 0.25) is 0 Å². The molecule has 0 spiro atoms. The summed E-state index contributed by atoms with van der Waals surface area (Å²) in [6.45, 7) is 4.07. The van der Waals surface area contributed by atoms with E-state index in [0.717, 1.165) is 13.1 Å². The SMILES string of the molecule is C=S(C)(=O)N1CC(C)C1. The summed E-state index contributed by atoms with van der Waals surface area (Å²) in [6, 6.07) is 0. The van der Waals surface area contributed by atoms with Gasteiger partial charge in [-0.3, -0.25) is 4.21 Å². The first-order valence-electron chi connectivity index (χ1n) is 3.07. The first-order valence-corrected chi connectivity index (χ1v) is 5.16. The van der Waals surface area contributed by atoms with Crippen molar-refractivity contribution in [2.24, 2.45) is 5.92 Å². The maximum absolute atomic E-state index is 11.1. The minimum absolute atomic E-state index is 0.715. The van der Waals surface area contributed by atoms with Crippen LogP contribution in [0.1, 0.15) is 6.92 Å². The Hall–Kier alpha value is -0.0200. The third-order valence-corrected chi connectivity index (χ3v) is 2.97. The van der Waals surface area contributed by atoms with Crippen LogP contribution in [0, 0.1) is 5.92 Å². The van der Waals surface area contributed by atoms with E-state index in [2.05, 4.69) is 12.8 Å². The average molecular weight is 147 g/mol. The lowest BCUT2D eigenvalue weighted by molar-refractivity contribution is 0.229. The van der Waals surface area contributed by atoms with Gasteiger partial charge in [0.05, 0.1) is 0 Å². The Morgan fingerprint density at radius 3 is 2.22 bits per heavy atom. The zero-order valence-electron chi connectivity index (χ0n) is 5.96. The summed E-state index contributed by atoms with van der Waals surface area (Å²) in [4.78, 5) is 0. The molecule has 1 heterocycles. The predicted octanol–water partition coefficient (Wildman–Crippen LogP) is 0.199. The molecule has 1 fully saturated rings. The highest BCUT2D eigenvalue weighted by Crippen LogP contribution is 2.16. The molecule has 0 radical (unpaired) electrons. The zero-order valence-corrected chi connectivity index (χ0v) is 6.78.